The molecular weight excluding hydrogens is 456 g/mol. The molecule has 0 unspecified atom stereocenters. The first-order valence-electron chi connectivity index (χ1n) is 9.87. The van der Waals surface area contributed by atoms with Crippen molar-refractivity contribution in [2.24, 2.45) is 0 Å². The Morgan fingerprint density at radius 1 is 1.38 bits per heavy atom. The lowest BCUT2D eigenvalue weighted by Crippen LogP contribution is -2.70. The first-order chi connectivity index (χ1) is 15.0. The number of nitrogens with zero attached hydrogens (tertiary/aromatic N) is 2. The zero-order valence-electron chi connectivity index (χ0n) is 18.0. The van der Waals surface area contributed by atoms with Gasteiger partial charge in [0.2, 0.25) is 0 Å². The maximum atomic E-state index is 13.0. The number of carbonyl (C=O) groups is 4. The number of thiazole rings is 1. The molecule has 3 heterocycles. The third-order valence-corrected chi connectivity index (χ3v) is 6.33. The highest BCUT2D eigenvalue weighted by Gasteiger charge is 2.52. The van der Waals surface area contributed by atoms with E-state index in [2.05, 4.69) is 15.6 Å². The van der Waals surface area contributed by atoms with E-state index in [0.717, 1.165) is 11.3 Å². The fraction of sp³-hybridized carbons (Fsp3) is 0.450. The number of nitrogens with one attached hydrogen (secondary N) is 2. The second-order valence-electron chi connectivity index (χ2n) is 7.97. The zero-order chi connectivity index (χ0) is 23.6. The average Bonchev–Trinajstić information content (AvgIpc) is 3.15. The number of β-lactam (4-membered cyclic amide) rings is 1. The van der Waals surface area contributed by atoms with Crippen LogP contribution in [-0.4, -0.2) is 61.6 Å². The summed E-state index contributed by atoms with van der Waals surface area (Å²) in [6.07, 6.45) is 3.06. The summed E-state index contributed by atoms with van der Waals surface area (Å²) in [7, 11) is 0. The normalized spacial score (nSPS) is 20.6. The minimum absolute atomic E-state index is 0.0640. The number of carboxylic acid groups (broad SMARTS) is 1. The highest BCUT2D eigenvalue weighted by Crippen LogP contribution is 2.37. The molecule has 32 heavy (non-hydrogen) atoms. The number of aliphatic carboxylic acids is 1. The SMILES string of the molecule is CCC=C(C(=O)N[C@@H]1C(=O)N2C(C(=O)O)=CCS[C@@H]12)c1csc(NC(=O)OC(C)(C)C)n1. The fourth-order valence-electron chi connectivity index (χ4n) is 3.12. The summed E-state index contributed by atoms with van der Waals surface area (Å²) in [5.41, 5.74) is -0.104. The first-order valence-corrected chi connectivity index (χ1v) is 11.8. The molecule has 0 saturated carbocycles. The zero-order valence-corrected chi connectivity index (χ0v) is 19.6. The lowest BCUT2D eigenvalue weighted by molar-refractivity contribution is -0.150. The fourth-order valence-corrected chi connectivity index (χ4v) is 5.01. The van der Waals surface area contributed by atoms with Gasteiger partial charge in [0.25, 0.3) is 11.8 Å². The van der Waals surface area contributed by atoms with Crippen molar-refractivity contribution < 1.29 is 29.0 Å². The number of rotatable bonds is 6. The number of carboxylic acids is 1. The van der Waals surface area contributed by atoms with E-state index in [1.54, 1.807) is 32.2 Å². The van der Waals surface area contributed by atoms with Gasteiger partial charge in [-0.2, -0.15) is 0 Å². The molecule has 12 heteroatoms. The summed E-state index contributed by atoms with van der Waals surface area (Å²) in [5.74, 6) is -1.70. The number of ether oxygens (including phenoxy) is 1. The Labute approximate surface area is 193 Å². The maximum absolute atomic E-state index is 13.0. The van der Waals surface area contributed by atoms with Crippen molar-refractivity contribution in [3.05, 3.63) is 28.9 Å². The van der Waals surface area contributed by atoms with E-state index in [9.17, 15) is 24.3 Å². The van der Waals surface area contributed by atoms with Crippen LogP contribution < -0.4 is 10.6 Å². The highest BCUT2D eigenvalue weighted by atomic mass is 32.2. The number of hydrogen-bond acceptors (Lipinski definition) is 8. The molecule has 0 aliphatic carbocycles. The summed E-state index contributed by atoms with van der Waals surface area (Å²) in [5, 5.41) is 15.9. The molecule has 2 aliphatic rings. The van der Waals surface area contributed by atoms with E-state index in [0.29, 0.717) is 17.9 Å². The van der Waals surface area contributed by atoms with Crippen LogP contribution in [0.25, 0.3) is 5.57 Å². The molecule has 1 fully saturated rings. The third kappa shape index (κ3) is 5.13. The standard InChI is InChI=1S/C20H24N4O6S2/c1-5-6-10(11-9-32-18(21-11)23-19(29)30-20(2,3)4)14(25)22-13-15(26)24-12(17(27)28)7-8-31-16(13)24/h6-7,9,13,16H,5,8H2,1-4H3,(H,22,25)(H,27,28)(H,21,23,29)/t13-,16+/m1/s1. The Bertz CT molecular complexity index is 1010. The number of anilines is 1. The highest BCUT2D eigenvalue weighted by molar-refractivity contribution is 8.00. The number of thioether (sulfide) groups is 1. The summed E-state index contributed by atoms with van der Waals surface area (Å²) in [6, 6.07) is -0.825. The predicted molar refractivity (Wildman–Crippen MR) is 121 cm³/mol. The molecule has 0 bridgehead atoms. The lowest BCUT2D eigenvalue weighted by atomic mass is 10.0. The van der Waals surface area contributed by atoms with Crippen LogP contribution in [0.3, 0.4) is 0 Å². The molecular formula is C20H24N4O6S2. The Hall–Kier alpha value is -2.86. The van der Waals surface area contributed by atoms with Gasteiger partial charge in [-0.3, -0.25) is 19.8 Å². The molecule has 1 saturated heterocycles. The van der Waals surface area contributed by atoms with Crippen LogP contribution in [0.2, 0.25) is 0 Å². The second kappa shape index (κ2) is 9.33. The van der Waals surface area contributed by atoms with Gasteiger partial charge in [0.05, 0.1) is 11.3 Å². The Balaban J connectivity index is 1.69. The number of aromatic nitrogens is 1. The number of hydrogen-bond donors (Lipinski definition) is 3. The minimum atomic E-state index is -1.17. The first kappa shape index (κ1) is 23.8. The third-order valence-electron chi connectivity index (χ3n) is 4.39. The maximum Gasteiger partial charge on any atom is 0.413 e. The average molecular weight is 481 g/mol. The molecule has 0 radical (unpaired) electrons. The van der Waals surface area contributed by atoms with E-state index >= 15 is 0 Å². The monoisotopic (exact) mass is 480 g/mol. The summed E-state index contributed by atoms with van der Waals surface area (Å²) >= 11 is 2.52. The summed E-state index contributed by atoms with van der Waals surface area (Å²) in [6.45, 7) is 7.09. The van der Waals surface area contributed by atoms with E-state index in [1.165, 1.54) is 22.7 Å². The van der Waals surface area contributed by atoms with Gasteiger partial charge in [-0.1, -0.05) is 13.0 Å². The number of fused-ring (bicyclic) bond motifs is 1. The Morgan fingerprint density at radius 2 is 2.09 bits per heavy atom. The van der Waals surface area contributed by atoms with Crippen LogP contribution in [0, 0.1) is 0 Å². The number of amides is 3. The van der Waals surface area contributed by atoms with Crippen molar-refractivity contribution in [3.8, 4) is 0 Å². The van der Waals surface area contributed by atoms with Crippen molar-refractivity contribution in [1.29, 1.82) is 0 Å². The van der Waals surface area contributed by atoms with Crippen LogP contribution in [0.4, 0.5) is 9.93 Å². The van der Waals surface area contributed by atoms with Crippen LogP contribution in [0.15, 0.2) is 23.2 Å². The van der Waals surface area contributed by atoms with Gasteiger partial charge in [-0.05, 0) is 33.3 Å². The quantitative estimate of drug-likeness (QED) is 0.417. The largest absolute Gasteiger partial charge is 0.477 e. The second-order valence-corrected chi connectivity index (χ2v) is 9.98. The van der Waals surface area contributed by atoms with E-state index < -0.39 is 40.9 Å². The molecule has 3 rings (SSSR count). The lowest BCUT2D eigenvalue weighted by Gasteiger charge is -2.48. The van der Waals surface area contributed by atoms with Crippen LogP contribution in [0.5, 0.6) is 0 Å². The molecule has 3 N–H and O–H groups in total. The van der Waals surface area contributed by atoms with Gasteiger partial charge in [-0.25, -0.2) is 14.6 Å². The molecule has 3 amide bonds. The van der Waals surface area contributed by atoms with Gasteiger partial charge >= 0.3 is 12.1 Å². The summed E-state index contributed by atoms with van der Waals surface area (Å²) in [4.78, 5) is 54.2. The van der Waals surface area contributed by atoms with E-state index in [-0.39, 0.29) is 16.4 Å². The molecule has 1 aromatic heterocycles. The van der Waals surface area contributed by atoms with Gasteiger partial charge in [0.1, 0.15) is 22.7 Å². The molecule has 1 aromatic rings. The number of carbonyl (C=O) groups excluding carboxylic acids is 3. The van der Waals surface area contributed by atoms with Crippen molar-refractivity contribution in [2.75, 3.05) is 11.1 Å². The molecule has 2 aliphatic heterocycles. The van der Waals surface area contributed by atoms with Crippen molar-refractivity contribution in [3.63, 3.8) is 0 Å². The Morgan fingerprint density at radius 3 is 2.72 bits per heavy atom. The topological polar surface area (TPSA) is 138 Å². The molecule has 10 nitrogen and oxygen atoms in total. The predicted octanol–water partition coefficient (Wildman–Crippen LogP) is 2.65. The van der Waals surface area contributed by atoms with Crippen LogP contribution in [-0.2, 0) is 19.1 Å². The van der Waals surface area contributed by atoms with Gasteiger partial charge in [0, 0.05) is 11.1 Å². The van der Waals surface area contributed by atoms with E-state index in [4.69, 9.17) is 4.74 Å². The van der Waals surface area contributed by atoms with Crippen molar-refractivity contribution >= 4 is 57.7 Å². The molecule has 0 spiro atoms. The Kier molecular flexibility index (Phi) is 6.94. The molecule has 172 valence electrons. The van der Waals surface area contributed by atoms with E-state index in [1.807, 2.05) is 6.92 Å². The number of allylic oxidation sites excluding steroid dienone is 1. The van der Waals surface area contributed by atoms with Crippen LogP contribution >= 0.6 is 23.1 Å². The summed E-state index contributed by atoms with van der Waals surface area (Å²) < 4.78 is 5.20. The molecule has 0 aromatic carbocycles. The van der Waals surface area contributed by atoms with Gasteiger partial charge < -0.3 is 15.2 Å². The molecule has 2 atom stereocenters. The van der Waals surface area contributed by atoms with Crippen LogP contribution in [0.1, 0.15) is 39.8 Å². The smallest absolute Gasteiger partial charge is 0.413 e. The van der Waals surface area contributed by atoms with Gasteiger partial charge in [0.15, 0.2) is 5.13 Å². The minimum Gasteiger partial charge on any atom is -0.477 e. The van der Waals surface area contributed by atoms with Crippen molar-refractivity contribution in [1.82, 2.24) is 15.2 Å². The van der Waals surface area contributed by atoms with Crippen molar-refractivity contribution in [2.45, 2.75) is 51.1 Å². The van der Waals surface area contributed by atoms with Gasteiger partial charge in [-0.15, -0.1) is 23.1 Å².